The molecule has 1 aromatic heterocycles. The number of unbranched alkanes of at least 4 members (excludes halogenated alkanes) is 8. The molecule has 0 aliphatic carbocycles. The first-order chi connectivity index (χ1) is 11.7. The lowest BCUT2D eigenvalue weighted by atomic mass is 10.1. The minimum absolute atomic E-state index is 0.295. The Kier molecular flexibility index (Phi) is 7.81. The van der Waals surface area contributed by atoms with Gasteiger partial charge in [-0.2, -0.15) is 0 Å². The Bertz CT molecular complexity index is 660. The first-order valence-corrected chi connectivity index (χ1v) is 9.48. The molecule has 2 rings (SSSR count). The van der Waals surface area contributed by atoms with Crippen LogP contribution in [0, 0.1) is 6.92 Å². The Balaban J connectivity index is 1.76. The number of aromatic nitrogens is 1. The predicted octanol–water partition coefficient (Wildman–Crippen LogP) is 6.79. The lowest BCUT2D eigenvalue weighted by molar-refractivity contribution is 0.479. The number of hydrogen-bond acceptors (Lipinski definition) is 2. The molecule has 0 atom stereocenters. The van der Waals surface area contributed by atoms with Gasteiger partial charge in [0.15, 0.2) is 0 Å². The molecule has 1 aromatic carbocycles. The van der Waals surface area contributed by atoms with Crippen LogP contribution in [0.2, 0.25) is 0 Å². The minimum atomic E-state index is 0.295. The van der Waals surface area contributed by atoms with Gasteiger partial charge in [-0.25, -0.2) is 4.98 Å². The van der Waals surface area contributed by atoms with Gasteiger partial charge in [0.1, 0.15) is 11.3 Å². The highest BCUT2D eigenvalue weighted by molar-refractivity contribution is 5.88. The third kappa shape index (κ3) is 5.67. The molecule has 24 heavy (non-hydrogen) atoms. The molecule has 0 radical (unpaired) electrons. The number of nitrogens with zero attached hydrogens (tertiary/aromatic N) is 1. The summed E-state index contributed by atoms with van der Waals surface area (Å²) in [7, 11) is 0. The smallest absolute Gasteiger partial charge is 0.149 e. The summed E-state index contributed by atoms with van der Waals surface area (Å²) in [6.45, 7) is 4.21. The number of allylic oxidation sites excluding steroid dienone is 1. The molecule has 2 nitrogen and oxygen atoms in total. The van der Waals surface area contributed by atoms with E-state index in [-0.39, 0.29) is 0 Å². The normalized spacial score (nSPS) is 11.6. The maximum absolute atomic E-state index is 10.4. The maximum atomic E-state index is 10.4. The molecule has 2 aromatic rings. The Morgan fingerprint density at radius 1 is 0.917 bits per heavy atom. The second-order valence-corrected chi connectivity index (χ2v) is 6.69. The fraction of sp³-hybridized carbons (Fsp3) is 0.500. The minimum Gasteiger partial charge on any atom is -0.505 e. The Morgan fingerprint density at radius 2 is 1.58 bits per heavy atom. The standard InChI is InChI=1S/C22H31NO/c1-3-4-5-6-7-8-9-10-11-12-13-20-17-16-19-15-14-18(2)23-21(19)22(20)24/h12-17,24H,3-11H2,1-2H3. The summed E-state index contributed by atoms with van der Waals surface area (Å²) < 4.78 is 0. The van der Waals surface area contributed by atoms with E-state index in [1.807, 2.05) is 37.3 Å². The molecule has 0 fully saturated rings. The van der Waals surface area contributed by atoms with Crippen molar-refractivity contribution in [1.82, 2.24) is 4.98 Å². The van der Waals surface area contributed by atoms with Crippen LogP contribution in [0.4, 0.5) is 0 Å². The van der Waals surface area contributed by atoms with Gasteiger partial charge in [0.2, 0.25) is 0 Å². The molecular weight excluding hydrogens is 294 g/mol. The van der Waals surface area contributed by atoms with Gasteiger partial charge in [-0.3, -0.25) is 0 Å². The van der Waals surface area contributed by atoms with Crippen molar-refractivity contribution < 1.29 is 5.11 Å². The SMILES string of the molecule is CCCCCCCCCCC=Cc1ccc2ccc(C)nc2c1O. The molecule has 1 heterocycles. The highest BCUT2D eigenvalue weighted by Crippen LogP contribution is 2.28. The number of aromatic hydroxyl groups is 1. The fourth-order valence-electron chi connectivity index (χ4n) is 3.03. The van der Waals surface area contributed by atoms with Gasteiger partial charge >= 0.3 is 0 Å². The summed E-state index contributed by atoms with van der Waals surface area (Å²) in [4.78, 5) is 4.45. The molecule has 130 valence electrons. The van der Waals surface area contributed by atoms with Crippen molar-refractivity contribution in [1.29, 1.82) is 0 Å². The molecule has 0 saturated carbocycles. The first-order valence-electron chi connectivity index (χ1n) is 9.48. The molecule has 1 N–H and O–H groups in total. The average Bonchev–Trinajstić information content (AvgIpc) is 2.59. The van der Waals surface area contributed by atoms with Gasteiger partial charge in [-0.05, 0) is 25.8 Å². The number of phenolic OH excluding ortho intramolecular Hbond substituents is 1. The number of hydrogen-bond donors (Lipinski definition) is 1. The number of benzene rings is 1. The van der Waals surface area contributed by atoms with Crippen molar-refractivity contribution in [2.45, 2.75) is 71.6 Å². The van der Waals surface area contributed by atoms with E-state index in [4.69, 9.17) is 0 Å². The summed E-state index contributed by atoms with van der Waals surface area (Å²) >= 11 is 0. The molecular formula is C22H31NO. The van der Waals surface area contributed by atoms with Gasteiger partial charge in [-0.15, -0.1) is 0 Å². The second kappa shape index (κ2) is 10.1. The third-order valence-electron chi connectivity index (χ3n) is 4.53. The number of fused-ring (bicyclic) bond motifs is 1. The van der Waals surface area contributed by atoms with Crippen LogP contribution < -0.4 is 0 Å². The van der Waals surface area contributed by atoms with E-state index < -0.39 is 0 Å². The van der Waals surface area contributed by atoms with Gasteiger partial charge in [0.25, 0.3) is 0 Å². The molecule has 0 spiro atoms. The number of pyridine rings is 1. The van der Waals surface area contributed by atoms with Gasteiger partial charge in [0, 0.05) is 16.6 Å². The average molecular weight is 325 g/mol. The quantitative estimate of drug-likeness (QED) is 0.488. The summed E-state index contributed by atoms with van der Waals surface area (Å²) in [5.41, 5.74) is 2.49. The maximum Gasteiger partial charge on any atom is 0.149 e. The van der Waals surface area contributed by atoms with Crippen LogP contribution in [-0.4, -0.2) is 10.1 Å². The highest BCUT2D eigenvalue weighted by atomic mass is 16.3. The van der Waals surface area contributed by atoms with E-state index in [0.29, 0.717) is 11.3 Å². The molecule has 0 bridgehead atoms. The lowest BCUT2D eigenvalue weighted by Gasteiger charge is -2.05. The Labute approximate surface area is 146 Å². The number of phenols is 1. The van der Waals surface area contributed by atoms with E-state index >= 15 is 0 Å². The summed E-state index contributed by atoms with van der Waals surface area (Å²) in [5.74, 6) is 0.295. The highest BCUT2D eigenvalue weighted by Gasteiger charge is 2.05. The van der Waals surface area contributed by atoms with Crippen molar-refractivity contribution in [3.05, 3.63) is 41.6 Å². The topological polar surface area (TPSA) is 33.1 Å². The van der Waals surface area contributed by atoms with Crippen LogP contribution in [0.15, 0.2) is 30.3 Å². The number of aryl methyl sites for hydroxylation is 1. The van der Waals surface area contributed by atoms with Crippen LogP contribution in [-0.2, 0) is 0 Å². The van der Waals surface area contributed by atoms with Gasteiger partial charge in [0.05, 0.1) is 0 Å². The summed E-state index contributed by atoms with van der Waals surface area (Å²) in [5, 5.41) is 11.4. The Morgan fingerprint density at radius 3 is 2.33 bits per heavy atom. The Hall–Kier alpha value is -1.83. The van der Waals surface area contributed by atoms with Crippen LogP contribution >= 0.6 is 0 Å². The van der Waals surface area contributed by atoms with Crippen LogP contribution in [0.5, 0.6) is 5.75 Å². The van der Waals surface area contributed by atoms with Crippen molar-refractivity contribution in [3.63, 3.8) is 0 Å². The summed E-state index contributed by atoms with van der Waals surface area (Å²) in [6.07, 6.45) is 16.0. The van der Waals surface area contributed by atoms with Crippen molar-refractivity contribution in [2.24, 2.45) is 0 Å². The van der Waals surface area contributed by atoms with Gasteiger partial charge < -0.3 is 5.11 Å². The molecule has 0 unspecified atom stereocenters. The first kappa shape index (κ1) is 18.5. The molecule has 0 aliphatic heterocycles. The third-order valence-corrected chi connectivity index (χ3v) is 4.53. The zero-order valence-electron chi connectivity index (χ0n) is 15.2. The fourth-order valence-corrected chi connectivity index (χ4v) is 3.03. The lowest BCUT2D eigenvalue weighted by Crippen LogP contribution is -1.86. The van der Waals surface area contributed by atoms with E-state index in [1.165, 1.54) is 51.4 Å². The van der Waals surface area contributed by atoms with Crippen LogP contribution in [0.1, 0.15) is 76.0 Å². The second-order valence-electron chi connectivity index (χ2n) is 6.69. The molecule has 2 heteroatoms. The van der Waals surface area contributed by atoms with E-state index in [1.54, 1.807) is 0 Å². The van der Waals surface area contributed by atoms with Crippen molar-refractivity contribution in [2.75, 3.05) is 0 Å². The zero-order chi connectivity index (χ0) is 17.2. The van der Waals surface area contributed by atoms with E-state index in [9.17, 15) is 5.11 Å². The largest absolute Gasteiger partial charge is 0.505 e. The monoisotopic (exact) mass is 325 g/mol. The summed E-state index contributed by atoms with van der Waals surface area (Å²) in [6, 6.07) is 7.97. The zero-order valence-corrected chi connectivity index (χ0v) is 15.2. The van der Waals surface area contributed by atoms with Crippen LogP contribution in [0.25, 0.3) is 17.0 Å². The molecule has 0 saturated heterocycles. The molecule has 0 aliphatic rings. The number of rotatable bonds is 10. The molecule has 0 amide bonds. The van der Waals surface area contributed by atoms with Gasteiger partial charge in [-0.1, -0.05) is 82.2 Å². The van der Waals surface area contributed by atoms with Crippen molar-refractivity contribution >= 4 is 17.0 Å². The predicted molar refractivity (Wildman–Crippen MR) is 104 cm³/mol. The van der Waals surface area contributed by atoms with Crippen molar-refractivity contribution in [3.8, 4) is 5.75 Å². The van der Waals surface area contributed by atoms with E-state index in [2.05, 4.69) is 18.0 Å². The van der Waals surface area contributed by atoms with E-state index in [0.717, 1.165) is 23.1 Å². The van der Waals surface area contributed by atoms with Crippen LogP contribution in [0.3, 0.4) is 0 Å².